The highest BCUT2D eigenvalue weighted by molar-refractivity contribution is 5.61. The van der Waals surface area contributed by atoms with Gasteiger partial charge in [0.25, 0.3) is 0 Å². The predicted octanol–water partition coefficient (Wildman–Crippen LogP) is 4.18. The van der Waals surface area contributed by atoms with Crippen molar-refractivity contribution in [2.45, 2.75) is 13.8 Å². The van der Waals surface area contributed by atoms with E-state index in [9.17, 15) is 0 Å². The van der Waals surface area contributed by atoms with Gasteiger partial charge in [0.15, 0.2) is 0 Å². The molecule has 2 aromatic rings. The quantitative estimate of drug-likeness (QED) is 0.771. The van der Waals surface area contributed by atoms with Crippen LogP contribution in [0.1, 0.15) is 11.1 Å². The average molecular weight is 254 g/mol. The van der Waals surface area contributed by atoms with Crippen LogP contribution in [-0.4, -0.2) is 19.1 Å². The Morgan fingerprint density at radius 1 is 0.947 bits per heavy atom. The van der Waals surface area contributed by atoms with Gasteiger partial charge in [-0.1, -0.05) is 0 Å². The summed E-state index contributed by atoms with van der Waals surface area (Å²) in [5, 5.41) is 8.60. The van der Waals surface area contributed by atoms with E-state index < -0.39 is 0 Å². The zero-order valence-corrected chi connectivity index (χ0v) is 11.8. The maximum absolute atomic E-state index is 4.35. The number of hydrogen-bond acceptors (Lipinski definition) is 4. The van der Waals surface area contributed by atoms with Gasteiger partial charge < -0.3 is 4.90 Å². The van der Waals surface area contributed by atoms with Gasteiger partial charge in [-0.15, -0.1) is 0 Å². The lowest BCUT2D eigenvalue weighted by atomic mass is 10.1. The molecule has 0 amide bonds. The highest BCUT2D eigenvalue weighted by Gasteiger charge is 2.05. The van der Waals surface area contributed by atoms with Gasteiger partial charge in [-0.2, -0.15) is 10.2 Å². The zero-order chi connectivity index (χ0) is 13.8. The summed E-state index contributed by atoms with van der Waals surface area (Å²) in [5.41, 5.74) is 5.17. The third kappa shape index (κ3) is 3.16. The van der Waals surface area contributed by atoms with Crippen LogP contribution >= 0.6 is 0 Å². The van der Waals surface area contributed by atoms with Crippen molar-refractivity contribution >= 4 is 17.1 Å². The van der Waals surface area contributed by atoms with E-state index in [0.29, 0.717) is 0 Å². The van der Waals surface area contributed by atoms with Crippen LogP contribution in [-0.2, 0) is 0 Å². The lowest BCUT2D eigenvalue weighted by molar-refractivity contribution is 1.11. The van der Waals surface area contributed by atoms with Crippen LogP contribution in [0.2, 0.25) is 0 Å². The van der Waals surface area contributed by atoms with Crippen LogP contribution in [0.25, 0.3) is 0 Å². The first-order valence-electron chi connectivity index (χ1n) is 6.18. The minimum Gasteiger partial charge on any atom is -0.378 e. The van der Waals surface area contributed by atoms with Crippen LogP contribution in [0.4, 0.5) is 17.1 Å². The predicted molar refractivity (Wildman–Crippen MR) is 78.7 cm³/mol. The summed E-state index contributed by atoms with van der Waals surface area (Å²) in [5.74, 6) is 0. The standard InChI is InChI=1S/C15H18N4/c1-11-9-14(19(3)4)10-12(2)15(11)18-17-13-5-7-16-8-6-13/h5-10H,1-4H3. The Kier molecular flexibility index (Phi) is 3.90. The first-order valence-corrected chi connectivity index (χ1v) is 6.18. The fourth-order valence-corrected chi connectivity index (χ4v) is 1.87. The second-order valence-electron chi connectivity index (χ2n) is 4.73. The summed E-state index contributed by atoms with van der Waals surface area (Å²) in [6.45, 7) is 4.11. The van der Waals surface area contributed by atoms with Gasteiger partial charge in [-0.05, 0) is 49.2 Å². The SMILES string of the molecule is Cc1cc(N(C)C)cc(C)c1N=Nc1ccncc1. The Balaban J connectivity index is 2.33. The minimum absolute atomic E-state index is 0.811. The summed E-state index contributed by atoms with van der Waals surface area (Å²) in [6.07, 6.45) is 3.42. The Morgan fingerprint density at radius 2 is 1.53 bits per heavy atom. The molecule has 1 aromatic carbocycles. The summed E-state index contributed by atoms with van der Waals surface area (Å²) >= 11 is 0. The molecule has 0 aliphatic carbocycles. The largest absolute Gasteiger partial charge is 0.378 e. The van der Waals surface area contributed by atoms with Crippen molar-refractivity contribution in [2.24, 2.45) is 10.2 Å². The molecule has 0 bridgehead atoms. The molecule has 0 unspecified atom stereocenters. The molecule has 1 aromatic heterocycles. The molecule has 0 saturated carbocycles. The maximum Gasteiger partial charge on any atom is 0.0916 e. The van der Waals surface area contributed by atoms with Gasteiger partial charge in [0.1, 0.15) is 0 Å². The average Bonchev–Trinajstić information content (AvgIpc) is 2.38. The molecular formula is C15H18N4. The number of benzene rings is 1. The number of aromatic nitrogens is 1. The topological polar surface area (TPSA) is 40.9 Å². The smallest absolute Gasteiger partial charge is 0.0916 e. The fourth-order valence-electron chi connectivity index (χ4n) is 1.87. The molecule has 4 nitrogen and oxygen atoms in total. The van der Waals surface area contributed by atoms with Crippen molar-refractivity contribution in [1.29, 1.82) is 0 Å². The highest BCUT2D eigenvalue weighted by Crippen LogP contribution is 2.29. The van der Waals surface area contributed by atoms with Crippen LogP contribution in [0, 0.1) is 13.8 Å². The summed E-state index contributed by atoms with van der Waals surface area (Å²) in [7, 11) is 4.07. The van der Waals surface area contributed by atoms with E-state index in [4.69, 9.17) is 0 Å². The van der Waals surface area contributed by atoms with Gasteiger partial charge in [0.05, 0.1) is 11.4 Å². The Labute approximate surface area is 113 Å². The Morgan fingerprint density at radius 3 is 2.05 bits per heavy atom. The van der Waals surface area contributed by atoms with Crippen molar-refractivity contribution < 1.29 is 0 Å². The lowest BCUT2D eigenvalue weighted by Gasteiger charge is -2.15. The van der Waals surface area contributed by atoms with E-state index in [-0.39, 0.29) is 0 Å². The van der Waals surface area contributed by atoms with Gasteiger partial charge in [-0.3, -0.25) is 4.98 Å². The summed E-state index contributed by atoms with van der Waals surface area (Å²) < 4.78 is 0. The summed E-state index contributed by atoms with van der Waals surface area (Å²) in [4.78, 5) is 6.05. The molecule has 0 N–H and O–H groups in total. The maximum atomic E-state index is 4.35. The number of azo groups is 1. The van der Waals surface area contributed by atoms with Gasteiger partial charge in [-0.25, -0.2) is 0 Å². The number of nitrogens with zero attached hydrogens (tertiary/aromatic N) is 4. The van der Waals surface area contributed by atoms with Gasteiger partial charge >= 0.3 is 0 Å². The van der Waals surface area contributed by atoms with Crippen LogP contribution < -0.4 is 4.90 Å². The number of aryl methyl sites for hydroxylation is 2. The zero-order valence-electron chi connectivity index (χ0n) is 11.8. The third-order valence-corrected chi connectivity index (χ3v) is 2.92. The fraction of sp³-hybridized carbons (Fsp3) is 0.267. The molecule has 1 heterocycles. The van der Waals surface area contributed by atoms with E-state index in [1.807, 2.05) is 26.2 Å². The molecule has 0 aliphatic rings. The second-order valence-corrected chi connectivity index (χ2v) is 4.73. The van der Waals surface area contributed by atoms with Crippen molar-refractivity contribution in [3.63, 3.8) is 0 Å². The third-order valence-electron chi connectivity index (χ3n) is 2.92. The van der Waals surface area contributed by atoms with Gasteiger partial charge in [0, 0.05) is 32.2 Å². The Hall–Kier alpha value is -2.23. The van der Waals surface area contributed by atoms with Crippen molar-refractivity contribution in [3.05, 3.63) is 47.8 Å². The molecule has 0 radical (unpaired) electrons. The van der Waals surface area contributed by atoms with Crippen molar-refractivity contribution in [2.75, 3.05) is 19.0 Å². The van der Waals surface area contributed by atoms with E-state index in [2.05, 4.69) is 46.1 Å². The monoisotopic (exact) mass is 254 g/mol. The molecule has 2 rings (SSSR count). The van der Waals surface area contributed by atoms with E-state index >= 15 is 0 Å². The molecule has 98 valence electrons. The lowest BCUT2D eigenvalue weighted by Crippen LogP contribution is -2.08. The number of pyridine rings is 1. The van der Waals surface area contributed by atoms with Crippen LogP contribution in [0.3, 0.4) is 0 Å². The molecule has 19 heavy (non-hydrogen) atoms. The molecule has 0 fully saturated rings. The molecule has 4 heteroatoms. The second kappa shape index (κ2) is 5.61. The summed E-state index contributed by atoms with van der Waals surface area (Å²) in [6, 6.07) is 7.91. The van der Waals surface area contributed by atoms with Crippen LogP contribution in [0.5, 0.6) is 0 Å². The van der Waals surface area contributed by atoms with Crippen molar-refractivity contribution in [1.82, 2.24) is 4.98 Å². The molecule has 0 spiro atoms. The van der Waals surface area contributed by atoms with E-state index in [0.717, 1.165) is 22.5 Å². The molecule has 0 saturated heterocycles. The first-order chi connectivity index (χ1) is 9.08. The van der Waals surface area contributed by atoms with Crippen LogP contribution in [0.15, 0.2) is 46.9 Å². The number of rotatable bonds is 3. The number of hydrogen-bond donors (Lipinski definition) is 0. The Bertz CT molecular complexity index is 565. The number of anilines is 1. The highest BCUT2D eigenvalue weighted by atomic mass is 15.1. The molecule has 0 atom stereocenters. The van der Waals surface area contributed by atoms with E-state index in [1.54, 1.807) is 12.4 Å². The minimum atomic E-state index is 0.811. The molecular weight excluding hydrogens is 236 g/mol. The van der Waals surface area contributed by atoms with Crippen molar-refractivity contribution in [3.8, 4) is 0 Å². The van der Waals surface area contributed by atoms with Gasteiger partial charge in [0.2, 0.25) is 0 Å². The van der Waals surface area contributed by atoms with E-state index in [1.165, 1.54) is 5.69 Å². The normalized spacial score (nSPS) is 10.9. The first kappa shape index (κ1) is 13.2. The molecule has 0 aliphatic heterocycles.